The lowest BCUT2D eigenvalue weighted by Crippen LogP contribution is -2.13. The molecule has 0 aliphatic rings. The largest absolute Gasteiger partial charge is 0.462 e. The lowest BCUT2D eigenvalue weighted by atomic mass is 10.1. The number of carbonyl (C=O) groups excluding carboxylic acids is 2. The van der Waals surface area contributed by atoms with Crippen LogP contribution in [0.3, 0.4) is 0 Å². The SMILES string of the molecule is CCOC(=O)c1cc(NC(=O)c2sc3nc(C)cc(COC)c3c2N)ccc1Cl. The van der Waals surface area contributed by atoms with Gasteiger partial charge in [-0.25, -0.2) is 9.78 Å². The van der Waals surface area contributed by atoms with Gasteiger partial charge in [0, 0.05) is 23.9 Å². The van der Waals surface area contributed by atoms with Gasteiger partial charge in [0.15, 0.2) is 0 Å². The van der Waals surface area contributed by atoms with Crippen LogP contribution in [0.4, 0.5) is 11.4 Å². The van der Waals surface area contributed by atoms with Crippen LogP contribution in [-0.4, -0.2) is 30.6 Å². The molecule has 0 radical (unpaired) electrons. The van der Waals surface area contributed by atoms with Gasteiger partial charge in [0.05, 0.1) is 29.5 Å². The number of nitrogens with two attached hydrogens (primary N) is 1. The van der Waals surface area contributed by atoms with Gasteiger partial charge in [-0.2, -0.15) is 0 Å². The van der Waals surface area contributed by atoms with Crippen molar-refractivity contribution in [2.75, 3.05) is 24.8 Å². The molecule has 3 rings (SSSR count). The van der Waals surface area contributed by atoms with Gasteiger partial charge < -0.3 is 20.5 Å². The number of aryl methyl sites for hydroxylation is 1. The van der Waals surface area contributed by atoms with Crippen LogP contribution in [0.1, 0.15) is 38.2 Å². The van der Waals surface area contributed by atoms with Gasteiger partial charge in [0.2, 0.25) is 0 Å². The number of ether oxygens (including phenoxy) is 2. The number of anilines is 2. The third-order valence-electron chi connectivity index (χ3n) is 4.13. The Labute approximate surface area is 176 Å². The van der Waals surface area contributed by atoms with E-state index in [2.05, 4.69) is 10.3 Å². The zero-order chi connectivity index (χ0) is 21.1. The number of amides is 1. The van der Waals surface area contributed by atoms with Crippen molar-refractivity contribution in [1.82, 2.24) is 4.98 Å². The van der Waals surface area contributed by atoms with Crippen LogP contribution in [-0.2, 0) is 16.1 Å². The van der Waals surface area contributed by atoms with Crippen LogP contribution in [0.25, 0.3) is 10.2 Å². The number of halogens is 1. The highest BCUT2D eigenvalue weighted by Gasteiger charge is 2.21. The van der Waals surface area contributed by atoms with E-state index in [0.29, 0.717) is 27.7 Å². The number of pyridine rings is 1. The summed E-state index contributed by atoms with van der Waals surface area (Å²) >= 11 is 7.28. The van der Waals surface area contributed by atoms with Crippen molar-refractivity contribution >= 4 is 56.4 Å². The van der Waals surface area contributed by atoms with Crippen molar-refractivity contribution in [3.05, 3.63) is 51.0 Å². The minimum atomic E-state index is -0.557. The Morgan fingerprint density at radius 2 is 2.07 bits per heavy atom. The molecule has 0 saturated heterocycles. The van der Waals surface area contributed by atoms with E-state index < -0.39 is 11.9 Å². The van der Waals surface area contributed by atoms with Gasteiger partial charge in [-0.3, -0.25) is 4.79 Å². The van der Waals surface area contributed by atoms with E-state index in [9.17, 15) is 9.59 Å². The number of thiophene rings is 1. The number of hydrogen-bond donors (Lipinski definition) is 2. The van der Waals surface area contributed by atoms with Crippen molar-refractivity contribution < 1.29 is 19.1 Å². The Hall–Kier alpha value is -2.68. The van der Waals surface area contributed by atoms with Gasteiger partial charge in [-0.15, -0.1) is 11.3 Å². The maximum absolute atomic E-state index is 12.9. The molecule has 29 heavy (non-hydrogen) atoms. The number of fused-ring (bicyclic) bond motifs is 1. The highest BCUT2D eigenvalue weighted by Crippen LogP contribution is 2.36. The van der Waals surface area contributed by atoms with Crippen LogP contribution in [0.15, 0.2) is 24.3 Å². The molecule has 0 aliphatic heterocycles. The Balaban J connectivity index is 1.95. The second kappa shape index (κ2) is 8.77. The molecule has 1 amide bonds. The van der Waals surface area contributed by atoms with Crippen LogP contribution in [0.2, 0.25) is 5.02 Å². The summed E-state index contributed by atoms with van der Waals surface area (Å²) < 4.78 is 10.2. The summed E-state index contributed by atoms with van der Waals surface area (Å²) in [6.45, 7) is 4.16. The minimum Gasteiger partial charge on any atom is -0.462 e. The fraction of sp³-hybridized carbons (Fsp3) is 0.250. The standard InChI is InChI=1S/C20H20ClN3O4S/c1-4-28-20(26)13-8-12(5-6-14(13)21)24-18(25)17-16(22)15-11(9-27-3)7-10(2)23-19(15)29-17/h5-8H,4,9,22H2,1-3H3,(H,24,25). The molecule has 7 nitrogen and oxygen atoms in total. The van der Waals surface area contributed by atoms with Crippen LogP contribution in [0, 0.1) is 6.92 Å². The maximum atomic E-state index is 12.9. The first kappa shape index (κ1) is 21.0. The predicted molar refractivity (Wildman–Crippen MR) is 115 cm³/mol. The second-order valence-corrected chi connectivity index (χ2v) is 7.66. The molecule has 2 aromatic heterocycles. The molecule has 9 heteroatoms. The number of aromatic nitrogens is 1. The topological polar surface area (TPSA) is 104 Å². The summed E-state index contributed by atoms with van der Waals surface area (Å²) in [6, 6.07) is 6.49. The Morgan fingerprint density at radius 3 is 2.76 bits per heavy atom. The van der Waals surface area contributed by atoms with Gasteiger partial charge in [-0.05, 0) is 43.7 Å². The average molecular weight is 434 g/mol. The summed E-state index contributed by atoms with van der Waals surface area (Å²) in [7, 11) is 1.60. The molecule has 0 bridgehead atoms. The molecule has 3 N–H and O–H groups in total. The second-order valence-electron chi connectivity index (χ2n) is 6.25. The van der Waals surface area contributed by atoms with Crippen molar-refractivity contribution in [3.8, 4) is 0 Å². The molecule has 0 saturated carbocycles. The lowest BCUT2D eigenvalue weighted by Gasteiger charge is -2.09. The normalized spacial score (nSPS) is 10.9. The number of rotatable bonds is 6. The van der Waals surface area contributed by atoms with E-state index in [1.165, 1.54) is 23.5 Å². The fourth-order valence-corrected chi connectivity index (χ4v) is 4.21. The number of nitrogens with one attached hydrogen (secondary N) is 1. The number of carbonyl (C=O) groups is 2. The first-order chi connectivity index (χ1) is 13.8. The molecule has 3 aromatic rings. The van der Waals surface area contributed by atoms with E-state index in [1.54, 1.807) is 20.1 Å². The van der Waals surface area contributed by atoms with Crippen LogP contribution < -0.4 is 11.1 Å². The summed E-state index contributed by atoms with van der Waals surface area (Å²) in [4.78, 5) is 30.4. The van der Waals surface area contributed by atoms with E-state index in [1.807, 2.05) is 13.0 Å². The summed E-state index contributed by atoms with van der Waals surface area (Å²) in [5.74, 6) is -0.956. The molecule has 0 atom stereocenters. The molecule has 0 unspecified atom stereocenters. The number of benzene rings is 1. The van der Waals surface area contributed by atoms with E-state index in [4.69, 9.17) is 26.8 Å². The van der Waals surface area contributed by atoms with Crippen molar-refractivity contribution in [1.29, 1.82) is 0 Å². The summed E-state index contributed by atoms with van der Waals surface area (Å²) in [6.07, 6.45) is 0. The number of nitrogen functional groups attached to an aromatic ring is 1. The number of methoxy groups -OCH3 is 1. The summed E-state index contributed by atoms with van der Waals surface area (Å²) in [5, 5.41) is 3.72. The number of hydrogen-bond acceptors (Lipinski definition) is 7. The van der Waals surface area contributed by atoms with Gasteiger partial charge in [-0.1, -0.05) is 11.6 Å². The van der Waals surface area contributed by atoms with Crippen LogP contribution >= 0.6 is 22.9 Å². The number of nitrogens with zero attached hydrogens (tertiary/aromatic N) is 1. The Bertz CT molecular complexity index is 1100. The highest BCUT2D eigenvalue weighted by atomic mass is 35.5. The van der Waals surface area contributed by atoms with Gasteiger partial charge in [0.1, 0.15) is 9.71 Å². The predicted octanol–water partition coefficient (Wildman–Crippen LogP) is 4.42. The van der Waals surface area contributed by atoms with Crippen LogP contribution in [0.5, 0.6) is 0 Å². The molecular formula is C20H20ClN3O4S. The summed E-state index contributed by atoms with van der Waals surface area (Å²) in [5.41, 5.74) is 8.89. The minimum absolute atomic E-state index is 0.176. The molecule has 0 fully saturated rings. The first-order valence-corrected chi connectivity index (χ1v) is 10.0. The molecule has 1 aromatic carbocycles. The fourth-order valence-electron chi connectivity index (χ4n) is 2.93. The van der Waals surface area contributed by atoms with Crippen molar-refractivity contribution in [2.24, 2.45) is 0 Å². The average Bonchev–Trinajstić information content (AvgIpc) is 3.00. The first-order valence-electron chi connectivity index (χ1n) is 8.81. The van der Waals surface area contributed by atoms with Crippen molar-refractivity contribution in [3.63, 3.8) is 0 Å². The Morgan fingerprint density at radius 1 is 1.31 bits per heavy atom. The smallest absolute Gasteiger partial charge is 0.339 e. The van der Waals surface area contributed by atoms with E-state index >= 15 is 0 Å². The maximum Gasteiger partial charge on any atom is 0.339 e. The zero-order valence-electron chi connectivity index (χ0n) is 16.2. The Kier molecular flexibility index (Phi) is 6.36. The van der Waals surface area contributed by atoms with Crippen molar-refractivity contribution in [2.45, 2.75) is 20.5 Å². The molecule has 2 heterocycles. The lowest BCUT2D eigenvalue weighted by molar-refractivity contribution is 0.0526. The van der Waals surface area contributed by atoms with E-state index in [0.717, 1.165) is 16.6 Å². The number of esters is 1. The quantitative estimate of drug-likeness (QED) is 0.558. The molecule has 0 spiro atoms. The zero-order valence-corrected chi connectivity index (χ0v) is 17.7. The molecule has 0 aliphatic carbocycles. The van der Waals surface area contributed by atoms with E-state index in [-0.39, 0.29) is 17.2 Å². The van der Waals surface area contributed by atoms with Gasteiger partial charge in [0.25, 0.3) is 5.91 Å². The third-order valence-corrected chi connectivity index (χ3v) is 5.56. The monoisotopic (exact) mass is 433 g/mol. The van der Waals surface area contributed by atoms with Gasteiger partial charge >= 0.3 is 5.97 Å². The third kappa shape index (κ3) is 4.34. The molecular weight excluding hydrogens is 414 g/mol. The highest BCUT2D eigenvalue weighted by molar-refractivity contribution is 7.21. The molecule has 152 valence electrons.